The average Bonchev–Trinajstić information content (AvgIpc) is 1.66. The SMILES string of the molecule is CC(=O)Nc1c(C)cccc1[N+](=O)[O-].CC(=O)Nc1ccccc1C.CC(C)c1cccc2cn[nH]c12.CC(C)c1cccc2cnn(Cc3ccccc3)c12.CC(OC=O)c1cccc2cn[nH]c12.Cc1cccc([N+](=O)[O-])c1N.Cc1ccccc1N.Ic1cccc2cn[nH]c12.Ic1cccc2cnn(Cc3ccccc3)c12.Nc1cccc2cn[nH]c12.O=C=O.O=C=O.O=[N+]([O-])c1cccc2cn[nH]c12. The number of anilines is 5. The largest absolute Gasteiger partial charge is 0.460 e. The normalized spacial score (nSPS) is 10.2. The highest BCUT2D eigenvalue weighted by Crippen LogP contribution is 2.32. The summed E-state index contributed by atoms with van der Waals surface area (Å²) in [5.74, 6) is 0.714. The number of nitro benzene ring substituents is 3. The van der Waals surface area contributed by atoms with Crippen molar-refractivity contribution >= 4 is 198 Å². The third-order valence-corrected chi connectivity index (χ3v) is 22.9. The fourth-order valence-corrected chi connectivity index (χ4v) is 15.4. The van der Waals surface area contributed by atoms with Gasteiger partial charge in [0.15, 0.2) is 0 Å². The molecule has 20 aromatic rings. The molecule has 13 aromatic carbocycles. The van der Waals surface area contributed by atoms with Gasteiger partial charge < -0.3 is 32.6 Å². The summed E-state index contributed by atoms with van der Waals surface area (Å²) in [4.78, 5) is 94.1. The standard InChI is InChI=1S/C17H18N2.C14H11IN2.C10H10N2O2.C10H12N2.C9H10N2O3.C9H11NO.C7H5IN2.C7H5N3O2.C7H7N3.C7H8N2O2.C7H9N.2CO2/c1-13(2)16-10-6-9-15-11-18-19(17(15)16)12-14-7-4-3-5-8-14;15-13-8-4-7-12-9-16-17(14(12)13)10-11-5-2-1-3-6-11;1-7(14-6-13)9-4-2-3-8-5-11-12-10(8)9;1-7(2)9-5-3-4-8-6-11-12-10(8)9;1-6-4-3-5-8(11(13)14)9(6)10-7(2)12;1-7-5-3-4-6-9(7)10-8(2)11;8-6-3-1-2-5-4-9-10-7(5)6;11-10(12)6-3-1-2-5-4-8-9-7(5)6;8-6-3-1-2-5-4-9-10-7(5)6;1-5-3-2-4-6(7(5)8)9(10)11;1-6-4-2-3-5-7(6)8;2*2-1-3/h3-11,13H,12H2,1-2H3;1-9H,10H2;2-7H,1H3,(H,11,12);3-7H,1-2H3,(H,11,12);3-5H,1-2H3,(H,10,12);3-6H,1-2H3,(H,10,11);1-4H,(H,9,10);1-4H,(H,8,9);1-4H,8H2,(H,9,10);2-4H,8H2,1H3;2-5H,8H2,1H3;;. The Bertz CT molecular complexity index is 7550. The summed E-state index contributed by atoms with van der Waals surface area (Å²) in [6.45, 7) is 23.0. The summed E-state index contributed by atoms with van der Waals surface area (Å²) in [5, 5.41) is 86.9. The van der Waals surface area contributed by atoms with E-state index in [-0.39, 0.29) is 58.7 Å². The van der Waals surface area contributed by atoms with Crippen molar-refractivity contribution in [2.24, 2.45) is 0 Å². The van der Waals surface area contributed by atoms with Gasteiger partial charge in [0, 0.05) is 93.8 Å². The maximum atomic E-state index is 10.8. The van der Waals surface area contributed by atoms with E-state index >= 15 is 0 Å². The molecule has 0 aliphatic carbocycles. The van der Waals surface area contributed by atoms with E-state index in [1.54, 1.807) is 68.8 Å². The molecule has 1 unspecified atom stereocenters. The molecule has 2 amide bonds. The van der Waals surface area contributed by atoms with Gasteiger partial charge in [-0.05, 0) is 166 Å². The Balaban J connectivity index is 0.000000194. The Kier molecular flexibility index (Phi) is 44.7. The third kappa shape index (κ3) is 33.6. The maximum absolute atomic E-state index is 10.8. The first-order valence-electron chi connectivity index (χ1n) is 44.3. The molecule has 1 atom stereocenters. The summed E-state index contributed by atoms with van der Waals surface area (Å²) >= 11 is 4.65. The van der Waals surface area contributed by atoms with Crippen molar-refractivity contribution < 1.29 is 53.1 Å². The van der Waals surface area contributed by atoms with Crippen molar-refractivity contribution in [3.05, 3.63) is 404 Å². The second-order valence-electron chi connectivity index (χ2n) is 31.9. The van der Waals surface area contributed by atoms with E-state index in [4.69, 9.17) is 41.1 Å². The summed E-state index contributed by atoms with van der Waals surface area (Å²) in [6, 6.07) is 87.3. The number of carbonyl (C=O) groups excluding carboxylic acids is 7. The van der Waals surface area contributed by atoms with Crippen LogP contribution in [0.2, 0.25) is 0 Å². The minimum absolute atomic E-state index is 0.0231. The Morgan fingerprint density at radius 2 is 0.750 bits per heavy atom. The Labute approximate surface area is 854 Å². The van der Waals surface area contributed by atoms with Crippen molar-refractivity contribution in [2.45, 2.75) is 107 Å². The summed E-state index contributed by atoms with van der Waals surface area (Å²) in [7, 11) is 0. The number of ether oxygens (including phenoxy) is 1. The molecule has 0 aliphatic heterocycles. The van der Waals surface area contributed by atoms with Gasteiger partial charge in [0.1, 0.15) is 23.0 Å². The summed E-state index contributed by atoms with van der Waals surface area (Å²) < 4.78 is 11.5. The first kappa shape index (κ1) is 112. The molecular weight excluding hydrogens is 2060 g/mol. The first-order chi connectivity index (χ1) is 69.2. The lowest BCUT2D eigenvalue weighted by Gasteiger charge is -2.11. The zero-order valence-electron chi connectivity index (χ0n) is 80.3. The lowest BCUT2D eigenvalue weighted by molar-refractivity contribution is -0.384. The number of hydrogen-bond acceptors (Lipinski definition) is 24. The Hall–Kier alpha value is -17.6. The van der Waals surface area contributed by atoms with Gasteiger partial charge in [-0.1, -0.05) is 252 Å². The van der Waals surface area contributed by atoms with Gasteiger partial charge in [0.25, 0.3) is 23.5 Å². The Morgan fingerprint density at radius 1 is 0.389 bits per heavy atom. The maximum Gasteiger partial charge on any atom is 0.373 e. The van der Waals surface area contributed by atoms with Crippen LogP contribution in [0.3, 0.4) is 0 Å². The number of aromatic amines is 5. The number of nitrogens with one attached hydrogen (secondary N) is 7. The van der Waals surface area contributed by atoms with Crippen LogP contribution < -0.4 is 27.8 Å². The van der Waals surface area contributed by atoms with E-state index in [0.717, 1.165) is 85.1 Å². The van der Waals surface area contributed by atoms with Gasteiger partial charge in [-0.3, -0.25) is 79.6 Å². The van der Waals surface area contributed by atoms with E-state index in [0.29, 0.717) is 29.4 Å². The molecule has 0 spiro atoms. The van der Waals surface area contributed by atoms with Crippen LogP contribution in [0.5, 0.6) is 0 Å². The number of amides is 2. The number of nitrogens with two attached hydrogens (primary N) is 3. The smallest absolute Gasteiger partial charge is 0.373 e. The zero-order chi connectivity index (χ0) is 105. The van der Waals surface area contributed by atoms with Gasteiger partial charge in [-0.15, -0.1) is 0 Å². The molecule has 0 saturated heterocycles. The van der Waals surface area contributed by atoms with E-state index in [1.165, 1.54) is 99.5 Å². The van der Waals surface area contributed by atoms with E-state index < -0.39 is 14.8 Å². The van der Waals surface area contributed by atoms with Gasteiger partial charge in [0.05, 0.1) is 110 Å². The number of non-ortho nitro benzene ring substituents is 1. The monoisotopic (exact) mass is 2160 g/mol. The molecule has 0 fully saturated rings. The van der Waals surface area contributed by atoms with Crippen LogP contribution in [0.15, 0.2) is 316 Å². The topological polar surface area (TPSA) is 539 Å². The number of halogens is 2. The second-order valence-corrected chi connectivity index (χ2v) is 34.2. The van der Waals surface area contributed by atoms with Gasteiger partial charge in [0.2, 0.25) is 11.8 Å². The number of H-pyrrole nitrogens is 5. The molecule has 0 bridgehead atoms. The van der Waals surface area contributed by atoms with E-state index in [2.05, 4.69) is 263 Å². The van der Waals surface area contributed by atoms with Crippen LogP contribution in [-0.2, 0) is 51.4 Å². The quantitative estimate of drug-likeness (QED) is 0.0159. The molecule has 0 saturated carbocycles. The fraction of sp³-hybridized carbons (Fsp3) is 0.151. The number of para-hydroxylation sites is 11. The molecule has 7 aromatic heterocycles. The highest BCUT2D eigenvalue weighted by Gasteiger charge is 2.19. The van der Waals surface area contributed by atoms with Crippen molar-refractivity contribution in [3.8, 4) is 0 Å². The minimum atomic E-state index is -0.516. The van der Waals surface area contributed by atoms with Crippen molar-refractivity contribution in [2.75, 3.05) is 27.8 Å². The number of hydrogen-bond donors (Lipinski definition) is 10. The summed E-state index contributed by atoms with van der Waals surface area (Å²) in [6.07, 6.45) is 12.9. The van der Waals surface area contributed by atoms with Crippen molar-refractivity contribution in [3.63, 3.8) is 0 Å². The molecular formula is C106H106I2N22O14. The fourth-order valence-electron chi connectivity index (χ4n) is 13.9. The van der Waals surface area contributed by atoms with E-state index in [9.17, 15) is 44.7 Å². The molecule has 144 heavy (non-hydrogen) atoms. The molecule has 0 aliphatic rings. The van der Waals surface area contributed by atoms with Gasteiger partial charge in [-0.25, -0.2) is 0 Å². The second kappa shape index (κ2) is 57.7. The predicted molar refractivity (Wildman–Crippen MR) is 577 cm³/mol. The number of nitro groups is 3. The zero-order valence-corrected chi connectivity index (χ0v) is 84.6. The first-order valence-corrected chi connectivity index (χ1v) is 46.4. The van der Waals surface area contributed by atoms with Crippen LogP contribution in [-0.4, -0.2) is 116 Å². The van der Waals surface area contributed by atoms with Crippen LogP contribution in [0, 0.1) is 65.2 Å². The molecule has 738 valence electrons. The number of fused-ring (bicyclic) bond motifs is 7. The minimum Gasteiger partial charge on any atom is -0.460 e. The third-order valence-electron chi connectivity index (χ3n) is 21.1. The van der Waals surface area contributed by atoms with Crippen LogP contribution >= 0.6 is 45.2 Å². The van der Waals surface area contributed by atoms with Crippen LogP contribution in [0.1, 0.15) is 116 Å². The molecule has 7 heterocycles. The number of rotatable bonds is 14. The number of carbonyl (C=O) groups is 3. The Morgan fingerprint density at radius 3 is 1.22 bits per heavy atom. The van der Waals surface area contributed by atoms with Gasteiger partial charge >= 0.3 is 12.3 Å². The molecule has 38 heteroatoms. The number of aromatic nitrogens is 14. The molecule has 13 N–H and O–H groups in total. The highest BCUT2D eigenvalue weighted by atomic mass is 127. The lowest BCUT2D eigenvalue weighted by atomic mass is 10.0. The van der Waals surface area contributed by atoms with E-state index in [1.807, 2.05) is 155 Å². The van der Waals surface area contributed by atoms with Crippen molar-refractivity contribution in [1.82, 2.24) is 70.5 Å². The lowest BCUT2D eigenvalue weighted by Crippen LogP contribution is -2.09. The number of nitrogens with zero attached hydrogens (tertiary/aromatic N) is 12. The highest BCUT2D eigenvalue weighted by molar-refractivity contribution is 14.1. The number of nitrogen functional groups attached to an aromatic ring is 3. The molecule has 36 nitrogen and oxygen atoms in total. The predicted octanol–water partition coefficient (Wildman–Crippen LogP) is 22.9. The van der Waals surface area contributed by atoms with Crippen LogP contribution in [0.25, 0.3) is 76.3 Å². The van der Waals surface area contributed by atoms with Gasteiger partial charge in [-0.2, -0.15) is 54.9 Å². The van der Waals surface area contributed by atoms with Crippen molar-refractivity contribution in [1.29, 1.82) is 0 Å². The average molecular weight is 2170 g/mol. The number of aryl methyl sites for hydroxylation is 4. The summed E-state index contributed by atoms with van der Waals surface area (Å²) in [5.41, 5.74) is 36.5. The number of benzene rings is 13. The van der Waals surface area contributed by atoms with Crippen LogP contribution in [0.4, 0.5) is 45.5 Å². The molecule has 0 radical (unpaired) electrons. The molecule has 20 rings (SSSR count).